The number of carbonyl (C=O) groups is 2. The molecule has 0 N–H and O–H groups in total. The molecule has 0 saturated carbocycles. The Morgan fingerprint density at radius 2 is 1.18 bits per heavy atom. The van der Waals surface area contributed by atoms with Gasteiger partial charge in [0.05, 0.1) is 32.1 Å². The number of rotatable bonds is 0. The lowest BCUT2D eigenvalue weighted by molar-refractivity contribution is -0.140. The van der Waals surface area contributed by atoms with E-state index < -0.39 is 0 Å². The summed E-state index contributed by atoms with van der Waals surface area (Å²) in [6.07, 6.45) is 0. The maximum atomic E-state index is 12.0. The molecule has 96 valence electrons. The van der Waals surface area contributed by atoms with Crippen molar-refractivity contribution in [1.29, 1.82) is 0 Å². The third-order valence-corrected chi connectivity index (χ3v) is 3.71. The van der Waals surface area contributed by atoms with Gasteiger partial charge in [-0.1, -0.05) is 0 Å². The summed E-state index contributed by atoms with van der Waals surface area (Å²) in [4.78, 5) is 31.6. The molecule has 6 heteroatoms. The number of nitrogens with zero attached hydrogens (tertiary/aromatic N) is 4. The van der Waals surface area contributed by atoms with Crippen LogP contribution in [0.2, 0.25) is 0 Å². The van der Waals surface area contributed by atoms with Crippen molar-refractivity contribution in [2.75, 3.05) is 34.1 Å². The van der Waals surface area contributed by atoms with Crippen molar-refractivity contribution in [1.82, 2.24) is 19.6 Å². The highest BCUT2D eigenvalue weighted by Gasteiger charge is 2.38. The minimum Gasteiger partial charge on any atom is -0.331 e. The van der Waals surface area contributed by atoms with Crippen molar-refractivity contribution in [2.45, 2.75) is 25.9 Å². The SMILES string of the molecule is C[C@@H]1C(=O)N(C)CN2CN1CN(C)C(=O)[C@@H]2C. The van der Waals surface area contributed by atoms with Crippen LogP contribution in [0.25, 0.3) is 0 Å². The van der Waals surface area contributed by atoms with Gasteiger partial charge in [-0.3, -0.25) is 19.4 Å². The highest BCUT2D eigenvalue weighted by molar-refractivity contribution is 5.83. The van der Waals surface area contributed by atoms with Gasteiger partial charge in [0, 0.05) is 14.1 Å². The zero-order chi connectivity index (χ0) is 12.7. The molecule has 2 bridgehead atoms. The topological polar surface area (TPSA) is 47.1 Å². The molecule has 0 aromatic heterocycles. The van der Waals surface area contributed by atoms with Crippen molar-refractivity contribution < 1.29 is 9.59 Å². The molecule has 0 spiro atoms. The predicted molar refractivity (Wildman–Crippen MR) is 62.7 cm³/mol. The quantitative estimate of drug-likeness (QED) is 0.555. The molecule has 2 saturated heterocycles. The molecule has 2 amide bonds. The molecule has 6 nitrogen and oxygen atoms in total. The molecule has 2 fully saturated rings. The highest BCUT2D eigenvalue weighted by Crippen LogP contribution is 2.18. The van der Waals surface area contributed by atoms with Crippen LogP contribution in [-0.2, 0) is 9.59 Å². The second-order valence-electron chi connectivity index (χ2n) is 5.03. The average Bonchev–Trinajstić information content (AvgIpc) is 2.46. The average molecular weight is 240 g/mol. The number of carbonyl (C=O) groups excluding carboxylic acids is 2. The maximum absolute atomic E-state index is 12.0. The van der Waals surface area contributed by atoms with E-state index in [1.54, 1.807) is 23.9 Å². The van der Waals surface area contributed by atoms with Gasteiger partial charge in [-0.15, -0.1) is 0 Å². The first-order valence-electron chi connectivity index (χ1n) is 5.90. The van der Waals surface area contributed by atoms with Crippen LogP contribution in [0.15, 0.2) is 0 Å². The number of amides is 2. The van der Waals surface area contributed by atoms with E-state index in [-0.39, 0.29) is 23.9 Å². The third-order valence-electron chi connectivity index (χ3n) is 3.71. The number of hydrogen-bond acceptors (Lipinski definition) is 4. The fraction of sp³-hybridized carbons (Fsp3) is 0.818. The van der Waals surface area contributed by atoms with Crippen molar-refractivity contribution in [3.05, 3.63) is 0 Å². The van der Waals surface area contributed by atoms with E-state index in [1.807, 2.05) is 23.6 Å². The Bertz CT molecular complexity index is 314. The Hall–Kier alpha value is -1.14. The molecular formula is C11H20N4O2. The number of likely N-dealkylation sites (N-methyl/N-ethyl adjacent to an activating group) is 2. The Morgan fingerprint density at radius 1 is 0.824 bits per heavy atom. The zero-order valence-electron chi connectivity index (χ0n) is 10.9. The first-order chi connectivity index (χ1) is 7.91. The summed E-state index contributed by atoms with van der Waals surface area (Å²) in [7, 11) is 3.58. The Labute approximate surface area is 102 Å². The largest absolute Gasteiger partial charge is 0.331 e. The van der Waals surface area contributed by atoms with Crippen molar-refractivity contribution in [3.63, 3.8) is 0 Å². The second-order valence-corrected chi connectivity index (χ2v) is 5.03. The van der Waals surface area contributed by atoms with Gasteiger partial charge in [0.2, 0.25) is 11.8 Å². The molecule has 2 rings (SSSR count). The first kappa shape index (κ1) is 12.3. The summed E-state index contributed by atoms with van der Waals surface area (Å²) in [5.74, 6) is 0.227. The molecule has 0 aromatic carbocycles. The van der Waals surface area contributed by atoms with Crippen LogP contribution in [0.3, 0.4) is 0 Å². The lowest BCUT2D eigenvalue weighted by Crippen LogP contribution is -2.49. The van der Waals surface area contributed by atoms with Gasteiger partial charge < -0.3 is 9.80 Å². The lowest BCUT2D eigenvalue weighted by Gasteiger charge is -2.29. The minimum absolute atomic E-state index is 0.113. The normalized spacial score (nSPS) is 39.1. The van der Waals surface area contributed by atoms with Gasteiger partial charge in [0.25, 0.3) is 0 Å². The zero-order valence-corrected chi connectivity index (χ0v) is 10.9. The van der Waals surface area contributed by atoms with Gasteiger partial charge in [0.15, 0.2) is 0 Å². The van der Waals surface area contributed by atoms with Crippen LogP contribution in [0.1, 0.15) is 13.8 Å². The molecule has 2 heterocycles. The summed E-state index contributed by atoms with van der Waals surface area (Å²) < 4.78 is 0. The van der Waals surface area contributed by atoms with Gasteiger partial charge in [-0.2, -0.15) is 0 Å². The van der Waals surface area contributed by atoms with Crippen LogP contribution in [0, 0.1) is 0 Å². The standard InChI is InChI=1S/C11H20N4O2/c1-8-10(16)12(3)6-15-7-14(8)5-13(4)11(17)9(15)2/h8-9H,5-7H2,1-4H3/t8-,9+. The van der Waals surface area contributed by atoms with Crippen molar-refractivity contribution in [2.24, 2.45) is 0 Å². The van der Waals surface area contributed by atoms with E-state index in [4.69, 9.17) is 0 Å². The van der Waals surface area contributed by atoms with Crippen LogP contribution in [0.5, 0.6) is 0 Å². The van der Waals surface area contributed by atoms with Gasteiger partial charge in [-0.05, 0) is 13.8 Å². The van der Waals surface area contributed by atoms with E-state index in [2.05, 4.69) is 0 Å². The number of hydrogen-bond donors (Lipinski definition) is 0. The van der Waals surface area contributed by atoms with E-state index in [0.717, 1.165) is 0 Å². The van der Waals surface area contributed by atoms with E-state index in [1.165, 1.54) is 0 Å². The summed E-state index contributed by atoms with van der Waals surface area (Å²) in [5.41, 5.74) is 0. The first-order valence-corrected chi connectivity index (χ1v) is 5.90. The molecular weight excluding hydrogens is 220 g/mol. The fourth-order valence-corrected chi connectivity index (χ4v) is 2.45. The summed E-state index contributed by atoms with van der Waals surface area (Å²) >= 11 is 0. The molecule has 0 aromatic rings. The Kier molecular flexibility index (Phi) is 3.09. The second kappa shape index (κ2) is 4.27. The minimum atomic E-state index is -0.175. The number of fused-ring (bicyclic) bond motifs is 2. The maximum Gasteiger partial charge on any atom is 0.240 e. The van der Waals surface area contributed by atoms with Gasteiger partial charge >= 0.3 is 0 Å². The summed E-state index contributed by atoms with van der Waals surface area (Å²) in [5, 5.41) is 0. The Morgan fingerprint density at radius 3 is 1.53 bits per heavy atom. The molecule has 2 aliphatic rings. The highest BCUT2D eigenvalue weighted by atomic mass is 16.2. The Balaban J connectivity index is 2.31. The van der Waals surface area contributed by atoms with Crippen molar-refractivity contribution in [3.8, 4) is 0 Å². The predicted octanol–water partition coefficient (Wildman–Crippen LogP) is -0.816. The summed E-state index contributed by atoms with van der Waals surface area (Å²) in [6.45, 7) is 5.49. The van der Waals surface area contributed by atoms with Crippen molar-refractivity contribution >= 4 is 11.8 Å². The lowest BCUT2D eigenvalue weighted by atomic mass is 10.2. The van der Waals surface area contributed by atoms with Crippen LogP contribution >= 0.6 is 0 Å². The van der Waals surface area contributed by atoms with Crippen LogP contribution < -0.4 is 0 Å². The van der Waals surface area contributed by atoms with Crippen LogP contribution in [-0.4, -0.2) is 77.6 Å². The molecule has 17 heavy (non-hydrogen) atoms. The monoisotopic (exact) mass is 240 g/mol. The fourth-order valence-electron chi connectivity index (χ4n) is 2.45. The van der Waals surface area contributed by atoms with Gasteiger partial charge in [-0.25, -0.2) is 0 Å². The molecule has 0 aliphatic carbocycles. The third kappa shape index (κ3) is 2.02. The van der Waals surface area contributed by atoms with Crippen LogP contribution in [0.4, 0.5) is 0 Å². The van der Waals surface area contributed by atoms with E-state index in [9.17, 15) is 9.59 Å². The van der Waals surface area contributed by atoms with E-state index in [0.29, 0.717) is 20.0 Å². The molecule has 0 radical (unpaired) electrons. The molecule has 2 unspecified atom stereocenters. The van der Waals surface area contributed by atoms with Gasteiger partial charge in [0.1, 0.15) is 0 Å². The van der Waals surface area contributed by atoms with E-state index >= 15 is 0 Å². The molecule has 2 aliphatic heterocycles. The smallest absolute Gasteiger partial charge is 0.240 e. The molecule has 4 atom stereocenters. The summed E-state index contributed by atoms with van der Waals surface area (Å²) in [6, 6.07) is -0.351.